The lowest BCUT2D eigenvalue weighted by molar-refractivity contribution is 1.74. The van der Waals surface area contributed by atoms with Crippen LogP contribution < -0.4 is 0 Å². The van der Waals surface area contributed by atoms with Crippen molar-refractivity contribution in [3.63, 3.8) is 0 Å². The van der Waals surface area contributed by atoms with E-state index in [9.17, 15) is 0 Å². The summed E-state index contributed by atoms with van der Waals surface area (Å²) < 4.78 is 0. The van der Waals surface area contributed by atoms with Gasteiger partial charge in [0.05, 0.1) is 0 Å². The van der Waals surface area contributed by atoms with Gasteiger partial charge in [0.2, 0.25) is 0 Å². The Morgan fingerprint density at radius 1 is 0.306 bits per heavy atom. The van der Waals surface area contributed by atoms with Gasteiger partial charge in [0, 0.05) is 62.7 Å². The summed E-state index contributed by atoms with van der Waals surface area (Å²) in [4.78, 5) is 7.96. The van der Waals surface area contributed by atoms with Crippen LogP contribution in [-0.4, -0.2) is 0 Å². The number of hydrogen-bond donors (Lipinski definition) is 0. The molecule has 0 aromatic carbocycles. The van der Waals surface area contributed by atoms with Crippen LogP contribution in [0.1, 0.15) is 29.3 Å². The minimum atomic E-state index is 1.33. The lowest BCUT2D eigenvalue weighted by Gasteiger charge is -2.03. The molecule has 0 amide bonds. The molecule has 0 unspecified atom stereocenters. The fourth-order valence-electron chi connectivity index (χ4n) is 4.57. The maximum Gasteiger partial charge on any atom is 0.0363 e. The van der Waals surface area contributed by atoms with Crippen molar-refractivity contribution in [2.24, 2.45) is 0 Å². The Hall–Kier alpha value is -2.58. The van der Waals surface area contributed by atoms with Gasteiger partial charge in [0.25, 0.3) is 0 Å². The predicted molar refractivity (Wildman–Crippen MR) is 164 cm³/mol. The molecule has 7 rings (SSSR count). The first kappa shape index (κ1) is 22.6. The van der Waals surface area contributed by atoms with Gasteiger partial charge in [-0.05, 0) is 68.7 Å². The van der Waals surface area contributed by atoms with E-state index in [0.29, 0.717) is 0 Å². The summed E-state index contributed by atoms with van der Waals surface area (Å²) in [6, 6.07) is 26.6. The van der Waals surface area contributed by atoms with E-state index in [1.54, 1.807) is 0 Å². The van der Waals surface area contributed by atoms with Crippen molar-refractivity contribution in [1.29, 1.82) is 0 Å². The molecule has 174 valence electrons. The van der Waals surface area contributed by atoms with Gasteiger partial charge < -0.3 is 0 Å². The first-order chi connectivity index (χ1) is 17.9. The zero-order valence-corrected chi connectivity index (χ0v) is 23.7. The Morgan fingerprint density at radius 3 is 0.639 bits per heavy atom. The van der Waals surface area contributed by atoms with Crippen molar-refractivity contribution in [3.05, 3.63) is 151 Å². The molecule has 6 aromatic heterocycles. The second-order valence-corrected chi connectivity index (χ2v) is 13.8. The molecule has 1 aliphatic rings. The van der Waals surface area contributed by atoms with Gasteiger partial charge in [-0.3, -0.25) is 0 Å². The summed E-state index contributed by atoms with van der Waals surface area (Å²) in [6.07, 6.45) is 0. The third-order valence-corrected chi connectivity index (χ3v) is 11.4. The minimum absolute atomic E-state index is 1.33. The normalized spacial score (nSPS) is 12.8. The van der Waals surface area contributed by atoms with Crippen LogP contribution in [0.5, 0.6) is 0 Å². The first-order valence-electron chi connectivity index (χ1n) is 11.4. The van der Waals surface area contributed by atoms with Crippen molar-refractivity contribution in [3.8, 4) is 0 Å². The van der Waals surface area contributed by atoms with E-state index in [4.69, 9.17) is 0 Å². The van der Waals surface area contributed by atoms with E-state index in [2.05, 4.69) is 105 Å². The van der Waals surface area contributed by atoms with Gasteiger partial charge >= 0.3 is 0 Å². The molecule has 0 radical (unpaired) electrons. The van der Waals surface area contributed by atoms with E-state index in [1.165, 1.54) is 62.7 Å². The van der Waals surface area contributed by atoms with Crippen LogP contribution in [0.25, 0.3) is 16.7 Å². The van der Waals surface area contributed by atoms with Gasteiger partial charge in [-0.2, -0.15) is 0 Å². The Morgan fingerprint density at radius 2 is 0.500 bits per heavy atom. The number of thiophene rings is 6. The van der Waals surface area contributed by atoms with Crippen molar-refractivity contribution < 1.29 is 0 Å². The molecule has 6 heterocycles. The molecule has 0 spiro atoms. The minimum Gasteiger partial charge on any atom is -0.144 e. The molecule has 0 aliphatic heterocycles. The molecule has 6 heteroatoms. The zero-order valence-electron chi connectivity index (χ0n) is 18.8. The quantitative estimate of drug-likeness (QED) is 0.187. The fraction of sp³-hybridized carbons (Fsp3) is 0. The Kier molecular flexibility index (Phi) is 6.10. The van der Waals surface area contributed by atoms with Crippen LogP contribution in [0.3, 0.4) is 0 Å². The molecular formula is C30H18S6. The largest absolute Gasteiger partial charge is 0.144 e. The highest BCUT2D eigenvalue weighted by Gasteiger charge is 2.42. The Bertz CT molecular complexity index is 1340. The monoisotopic (exact) mass is 570 g/mol. The lowest BCUT2D eigenvalue weighted by atomic mass is 10.1. The van der Waals surface area contributed by atoms with E-state index in [1.807, 2.05) is 68.0 Å². The second kappa shape index (κ2) is 9.71. The molecule has 1 saturated carbocycles. The fourth-order valence-corrected chi connectivity index (χ4v) is 9.50. The van der Waals surface area contributed by atoms with Crippen molar-refractivity contribution in [1.82, 2.24) is 0 Å². The standard InChI is InChI=1S/C30H18S6/c1-7-19(31-13-1)25(20-8-2-14-32-20)28-29(26(21-9-3-15-33-21)22-10-4-16-34-22)30(28)27(23-11-5-17-35-23)24-12-6-18-36-24/h1-18H. The SMILES string of the molecule is c1csc(C(=C2C(=C(c3cccs3)c3cccs3)C2=C(c2cccs2)c2cccs2)c2cccs2)c1. The van der Waals surface area contributed by atoms with Gasteiger partial charge in [0.1, 0.15) is 0 Å². The van der Waals surface area contributed by atoms with Gasteiger partial charge in [-0.25, -0.2) is 0 Å². The molecule has 0 saturated heterocycles. The van der Waals surface area contributed by atoms with Gasteiger partial charge in [-0.15, -0.1) is 68.0 Å². The summed E-state index contributed by atoms with van der Waals surface area (Å²) in [6.45, 7) is 0. The third-order valence-electron chi connectivity index (χ3n) is 6.04. The molecular weight excluding hydrogens is 553 g/mol. The van der Waals surface area contributed by atoms with Crippen LogP contribution in [0.4, 0.5) is 0 Å². The van der Waals surface area contributed by atoms with E-state index in [0.717, 1.165) is 0 Å². The molecule has 0 bridgehead atoms. The van der Waals surface area contributed by atoms with Crippen molar-refractivity contribution in [2.45, 2.75) is 0 Å². The predicted octanol–water partition coefficient (Wildman–Crippen LogP) is 10.9. The van der Waals surface area contributed by atoms with Gasteiger partial charge in [-0.1, -0.05) is 36.4 Å². The van der Waals surface area contributed by atoms with Crippen LogP contribution in [-0.2, 0) is 0 Å². The number of rotatable bonds is 6. The summed E-state index contributed by atoms with van der Waals surface area (Å²) in [5, 5.41) is 13.2. The second-order valence-electron chi connectivity index (χ2n) is 8.11. The molecule has 6 aromatic rings. The smallest absolute Gasteiger partial charge is 0.0363 e. The van der Waals surface area contributed by atoms with Crippen molar-refractivity contribution in [2.75, 3.05) is 0 Å². The highest BCUT2D eigenvalue weighted by atomic mass is 32.1. The highest BCUT2D eigenvalue weighted by molar-refractivity contribution is 7.15. The summed E-state index contributed by atoms with van der Waals surface area (Å²) >= 11 is 11.0. The average Bonchev–Trinajstić information content (AvgIpc) is 3.68. The maximum atomic E-state index is 2.27. The molecule has 0 N–H and O–H groups in total. The number of hydrogen-bond acceptors (Lipinski definition) is 6. The highest BCUT2D eigenvalue weighted by Crippen LogP contribution is 2.61. The van der Waals surface area contributed by atoms with E-state index < -0.39 is 0 Å². The molecule has 0 nitrogen and oxygen atoms in total. The van der Waals surface area contributed by atoms with E-state index >= 15 is 0 Å². The maximum absolute atomic E-state index is 2.27. The van der Waals surface area contributed by atoms with Crippen LogP contribution >= 0.6 is 68.0 Å². The average molecular weight is 571 g/mol. The summed E-state index contributed by atoms with van der Waals surface area (Å²) in [7, 11) is 0. The zero-order chi connectivity index (χ0) is 23.9. The summed E-state index contributed by atoms with van der Waals surface area (Å²) in [5.41, 5.74) is 8.28. The lowest BCUT2D eigenvalue weighted by Crippen LogP contribution is -1.82. The molecule has 36 heavy (non-hydrogen) atoms. The van der Waals surface area contributed by atoms with E-state index in [-0.39, 0.29) is 0 Å². The van der Waals surface area contributed by atoms with Gasteiger partial charge in [0.15, 0.2) is 0 Å². The molecule has 1 fully saturated rings. The van der Waals surface area contributed by atoms with Crippen LogP contribution in [0, 0.1) is 0 Å². The Labute approximate surface area is 234 Å². The van der Waals surface area contributed by atoms with Crippen LogP contribution in [0.2, 0.25) is 0 Å². The topological polar surface area (TPSA) is 0 Å². The Balaban J connectivity index is 1.65. The van der Waals surface area contributed by atoms with Crippen molar-refractivity contribution >= 4 is 84.7 Å². The third kappa shape index (κ3) is 3.98. The first-order valence-corrected chi connectivity index (χ1v) is 16.6. The van der Waals surface area contributed by atoms with Crippen LogP contribution in [0.15, 0.2) is 122 Å². The number of allylic oxidation sites excluding steroid dienone is 3. The summed E-state index contributed by atoms with van der Waals surface area (Å²) in [5.74, 6) is 0. The molecule has 0 atom stereocenters. The molecule has 1 aliphatic carbocycles.